The molecule has 0 aliphatic carbocycles. The van der Waals surface area contributed by atoms with E-state index in [9.17, 15) is 9.59 Å². The molecule has 2 saturated heterocycles. The molecule has 23 heavy (non-hydrogen) atoms. The fraction of sp³-hybridized carbons (Fsp3) is 0.667. The number of halogens is 1. The molecule has 124 valence electrons. The molecular formula is C12H14BrN5O5. The number of rotatable bonds is 3. The Morgan fingerprint density at radius 2 is 2.13 bits per heavy atom. The molecule has 10 nitrogen and oxygen atoms in total. The molecule has 1 aromatic heterocycles. The molecule has 2 aliphatic heterocycles. The summed E-state index contributed by atoms with van der Waals surface area (Å²) in [5, 5.41) is 3.51. The third-order valence-corrected chi connectivity index (χ3v) is 4.21. The first-order valence-electron chi connectivity index (χ1n) is 6.85. The van der Waals surface area contributed by atoms with Gasteiger partial charge in [-0.1, -0.05) is 5.11 Å². The van der Waals surface area contributed by atoms with Gasteiger partial charge >= 0.3 is 5.69 Å². The van der Waals surface area contributed by atoms with Gasteiger partial charge in [-0.15, -0.1) is 0 Å². The van der Waals surface area contributed by atoms with E-state index < -0.39 is 41.6 Å². The van der Waals surface area contributed by atoms with E-state index in [0.717, 1.165) is 0 Å². The van der Waals surface area contributed by atoms with Crippen molar-refractivity contribution >= 4 is 15.9 Å². The van der Waals surface area contributed by atoms with E-state index in [4.69, 9.17) is 19.7 Å². The number of H-pyrrole nitrogens is 1. The second-order valence-corrected chi connectivity index (χ2v) is 6.54. The summed E-state index contributed by atoms with van der Waals surface area (Å²) < 4.78 is 18.8. The van der Waals surface area contributed by atoms with Crippen molar-refractivity contribution in [2.24, 2.45) is 5.11 Å². The summed E-state index contributed by atoms with van der Waals surface area (Å²) >= 11 is 3.08. The molecule has 3 rings (SSSR count). The van der Waals surface area contributed by atoms with Gasteiger partial charge in [0.15, 0.2) is 12.0 Å². The van der Waals surface area contributed by atoms with Gasteiger partial charge in [-0.05, 0) is 35.3 Å². The molecule has 1 N–H and O–H groups in total. The predicted octanol–water partition coefficient (Wildman–Crippen LogP) is 1.03. The van der Waals surface area contributed by atoms with Crippen LogP contribution in [0.15, 0.2) is 25.4 Å². The van der Waals surface area contributed by atoms with E-state index in [2.05, 4.69) is 30.9 Å². The molecule has 2 fully saturated rings. The van der Waals surface area contributed by atoms with Crippen molar-refractivity contribution in [1.29, 1.82) is 0 Å². The maximum Gasteiger partial charge on any atom is 0.330 e. The number of hydrogen-bond acceptors (Lipinski definition) is 6. The highest BCUT2D eigenvalue weighted by atomic mass is 79.9. The molecule has 0 radical (unpaired) electrons. The lowest BCUT2D eigenvalue weighted by molar-refractivity contribution is -0.196. The lowest BCUT2D eigenvalue weighted by Crippen LogP contribution is -2.37. The Labute approximate surface area is 138 Å². The fourth-order valence-electron chi connectivity index (χ4n) is 2.80. The Morgan fingerprint density at radius 3 is 2.83 bits per heavy atom. The molecule has 4 atom stereocenters. The minimum atomic E-state index is -0.852. The monoisotopic (exact) mass is 387 g/mol. The van der Waals surface area contributed by atoms with Gasteiger partial charge < -0.3 is 14.2 Å². The van der Waals surface area contributed by atoms with Crippen LogP contribution < -0.4 is 11.2 Å². The number of fused-ring (bicyclic) bond motifs is 1. The molecule has 0 spiro atoms. The number of hydrogen-bond donors (Lipinski definition) is 1. The maximum atomic E-state index is 12.1. The summed E-state index contributed by atoms with van der Waals surface area (Å²) in [4.78, 5) is 28.5. The molecule has 11 heteroatoms. The third kappa shape index (κ3) is 2.93. The largest absolute Gasteiger partial charge is 0.349 e. The smallest absolute Gasteiger partial charge is 0.330 e. The quantitative estimate of drug-likeness (QED) is 0.469. The molecule has 0 bridgehead atoms. The first kappa shape index (κ1) is 16.2. The Balaban J connectivity index is 1.99. The zero-order valence-corrected chi connectivity index (χ0v) is 13.9. The van der Waals surface area contributed by atoms with Crippen molar-refractivity contribution in [2.75, 3.05) is 6.54 Å². The fourth-order valence-corrected chi connectivity index (χ4v) is 3.12. The van der Waals surface area contributed by atoms with Gasteiger partial charge in [-0.3, -0.25) is 14.3 Å². The molecule has 0 unspecified atom stereocenters. The summed E-state index contributed by atoms with van der Waals surface area (Å²) in [6, 6.07) is 0. The average Bonchev–Trinajstić information content (AvgIpc) is 2.94. The minimum absolute atomic E-state index is 0.0485. The SMILES string of the molecule is CC1(C)O[C@@H]2[C@H](O1)[C@@H](CN=[N+]=[N-])O[C@H]2n1cc(Br)c(=O)[nH]c1=O. The molecule has 0 amide bonds. The van der Waals surface area contributed by atoms with E-state index in [0.29, 0.717) is 0 Å². The number of aromatic nitrogens is 2. The summed E-state index contributed by atoms with van der Waals surface area (Å²) in [6.45, 7) is 3.55. The van der Waals surface area contributed by atoms with Crippen LogP contribution in [0.3, 0.4) is 0 Å². The van der Waals surface area contributed by atoms with Crippen LogP contribution in [0.4, 0.5) is 0 Å². The summed E-state index contributed by atoms with van der Waals surface area (Å²) in [6.07, 6.45) is -1.08. The zero-order chi connectivity index (χ0) is 16.8. The first-order valence-corrected chi connectivity index (χ1v) is 7.64. The van der Waals surface area contributed by atoms with Crippen molar-refractivity contribution < 1.29 is 14.2 Å². The maximum absolute atomic E-state index is 12.1. The number of azide groups is 1. The molecular weight excluding hydrogens is 374 g/mol. The van der Waals surface area contributed by atoms with Gasteiger partial charge in [-0.25, -0.2) is 4.79 Å². The zero-order valence-electron chi connectivity index (χ0n) is 12.3. The minimum Gasteiger partial charge on any atom is -0.349 e. The van der Waals surface area contributed by atoms with E-state index in [1.54, 1.807) is 13.8 Å². The van der Waals surface area contributed by atoms with Crippen LogP contribution in [-0.4, -0.2) is 40.2 Å². The van der Waals surface area contributed by atoms with Gasteiger partial charge in [0.2, 0.25) is 0 Å². The second kappa shape index (κ2) is 5.77. The van der Waals surface area contributed by atoms with Crippen LogP contribution in [0, 0.1) is 0 Å². The van der Waals surface area contributed by atoms with Crippen LogP contribution in [0.25, 0.3) is 10.4 Å². The van der Waals surface area contributed by atoms with Gasteiger partial charge in [0.1, 0.15) is 12.2 Å². The summed E-state index contributed by atoms with van der Waals surface area (Å²) in [5.41, 5.74) is 7.34. The van der Waals surface area contributed by atoms with Crippen molar-refractivity contribution in [3.8, 4) is 0 Å². The highest BCUT2D eigenvalue weighted by Crippen LogP contribution is 2.42. The van der Waals surface area contributed by atoms with E-state index in [1.165, 1.54) is 10.8 Å². The normalized spacial score (nSPS) is 31.6. The Hall–Kier alpha value is -1.65. The Morgan fingerprint density at radius 1 is 1.43 bits per heavy atom. The van der Waals surface area contributed by atoms with Crippen molar-refractivity contribution in [1.82, 2.24) is 9.55 Å². The third-order valence-electron chi connectivity index (χ3n) is 3.65. The van der Waals surface area contributed by atoms with Gasteiger partial charge in [0.05, 0.1) is 17.1 Å². The lowest BCUT2D eigenvalue weighted by atomic mass is 10.1. The molecule has 2 aliphatic rings. The molecule has 1 aromatic rings. The number of nitrogens with one attached hydrogen (secondary N) is 1. The van der Waals surface area contributed by atoms with Crippen molar-refractivity contribution in [3.05, 3.63) is 42.0 Å². The molecule has 3 heterocycles. The van der Waals surface area contributed by atoms with E-state index in [1.807, 2.05) is 0 Å². The highest BCUT2D eigenvalue weighted by molar-refractivity contribution is 9.10. The van der Waals surface area contributed by atoms with Crippen LogP contribution in [0.5, 0.6) is 0 Å². The van der Waals surface area contributed by atoms with Crippen LogP contribution in [-0.2, 0) is 14.2 Å². The highest BCUT2D eigenvalue weighted by Gasteiger charge is 2.55. The van der Waals surface area contributed by atoms with Gasteiger partial charge in [-0.2, -0.15) is 0 Å². The Bertz CT molecular complexity index is 783. The molecule has 0 aromatic carbocycles. The summed E-state index contributed by atoms with van der Waals surface area (Å²) in [5.74, 6) is -0.852. The number of nitrogens with zero attached hydrogens (tertiary/aromatic N) is 4. The van der Waals surface area contributed by atoms with Gasteiger partial charge in [0.25, 0.3) is 5.56 Å². The predicted molar refractivity (Wildman–Crippen MR) is 80.8 cm³/mol. The average molecular weight is 388 g/mol. The molecule has 0 saturated carbocycles. The Kier molecular flexibility index (Phi) is 4.07. The van der Waals surface area contributed by atoms with Crippen LogP contribution in [0.1, 0.15) is 20.1 Å². The van der Waals surface area contributed by atoms with Crippen molar-refractivity contribution in [3.63, 3.8) is 0 Å². The number of ether oxygens (including phenoxy) is 3. The lowest BCUT2D eigenvalue weighted by Gasteiger charge is -2.24. The van der Waals surface area contributed by atoms with Crippen LogP contribution >= 0.6 is 15.9 Å². The second-order valence-electron chi connectivity index (χ2n) is 5.69. The standard InChI is InChI=1S/C12H14BrN5O5/c1-12(2)22-7-6(3-15-17-14)21-10(8(7)23-12)18-4-5(13)9(19)16-11(18)20/h4,6-8,10H,3H2,1-2H3,(H,16,19,20)/t6-,7-,8-,10-/m1/s1. The first-order chi connectivity index (χ1) is 10.8. The van der Waals surface area contributed by atoms with E-state index in [-0.39, 0.29) is 11.0 Å². The summed E-state index contributed by atoms with van der Waals surface area (Å²) in [7, 11) is 0. The van der Waals surface area contributed by atoms with Crippen LogP contribution in [0.2, 0.25) is 0 Å². The van der Waals surface area contributed by atoms with Gasteiger partial charge in [0, 0.05) is 11.1 Å². The number of aromatic amines is 1. The van der Waals surface area contributed by atoms with E-state index >= 15 is 0 Å². The van der Waals surface area contributed by atoms with Crippen molar-refractivity contribution in [2.45, 2.75) is 44.2 Å². The topological polar surface area (TPSA) is 131 Å².